The van der Waals surface area contributed by atoms with Gasteiger partial charge in [0.1, 0.15) is 0 Å². The van der Waals surface area contributed by atoms with Crippen LogP contribution in [0.4, 0.5) is 0 Å². The lowest BCUT2D eigenvalue weighted by atomic mass is 9.88. The summed E-state index contributed by atoms with van der Waals surface area (Å²) in [5.41, 5.74) is 1.01. The Bertz CT molecular complexity index is 893. The second-order valence-corrected chi connectivity index (χ2v) is 10.7. The first-order valence-corrected chi connectivity index (χ1v) is 11.0. The molecule has 1 aliphatic carbocycles. The van der Waals surface area contributed by atoms with Crippen LogP contribution < -0.4 is 5.30 Å². The van der Waals surface area contributed by atoms with E-state index in [1.165, 1.54) is 5.56 Å². The summed E-state index contributed by atoms with van der Waals surface area (Å²) in [6.07, 6.45) is 7.56. The molecule has 0 radical (unpaired) electrons. The summed E-state index contributed by atoms with van der Waals surface area (Å²) in [4.78, 5) is 0. The molecule has 0 spiro atoms. The van der Waals surface area contributed by atoms with Crippen LogP contribution in [-0.2, 0) is 4.57 Å². The molecule has 4 rings (SSSR count). The first kappa shape index (κ1) is 17.5. The molecule has 3 atom stereocenters. The second-order valence-electron chi connectivity index (χ2n) is 8.10. The largest absolute Gasteiger partial charge is 0.297 e. The third kappa shape index (κ3) is 2.64. The SMILES string of the molecule is CC(C)(C)N1[C@@H](c2ccccc2)[C@H]2C=CCC=C2[P@]1(=O)c1ccccc1. The summed E-state index contributed by atoms with van der Waals surface area (Å²) in [5.74, 6) is 0.163. The minimum atomic E-state index is -2.86. The zero-order valence-corrected chi connectivity index (χ0v) is 16.6. The number of benzene rings is 2. The lowest BCUT2D eigenvalue weighted by Gasteiger charge is -2.41. The molecule has 0 amide bonds. The topological polar surface area (TPSA) is 20.3 Å². The van der Waals surface area contributed by atoms with Crippen LogP contribution in [0.1, 0.15) is 38.8 Å². The van der Waals surface area contributed by atoms with Gasteiger partial charge in [0.25, 0.3) is 0 Å². The minimum absolute atomic E-state index is 0.0880. The first-order valence-electron chi connectivity index (χ1n) is 9.32. The average molecular weight is 363 g/mol. The van der Waals surface area contributed by atoms with Gasteiger partial charge in [-0.05, 0) is 44.9 Å². The Kier molecular flexibility index (Phi) is 4.29. The van der Waals surface area contributed by atoms with Crippen LogP contribution in [0.2, 0.25) is 0 Å². The highest BCUT2D eigenvalue weighted by Crippen LogP contribution is 2.73. The van der Waals surface area contributed by atoms with Crippen molar-refractivity contribution in [2.24, 2.45) is 5.92 Å². The minimum Gasteiger partial charge on any atom is -0.297 e. The third-order valence-corrected chi connectivity index (χ3v) is 8.97. The Morgan fingerprint density at radius 1 is 0.962 bits per heavy atom. The molecule has 1 saturated heterocycles. The smallest absolute Gasteiger partial charge is 0.204 e. The van der Waals surface area contributed by atoms with E-state index in [2.05, 4.69) is 67.9 Å². The molecule has 3 heteroatoms. The maximum atomic E-state index is 14.8. The maximum absolute atomic E-state index is 14.8. The highest BCUT2D eigenvalue weighted by Gasteiger charge is 2.56. The van der Waals surface area contributed by atoms with Gasteiger partial charge < -0.3 is 0 Å². The summed E-state index contributed by atoms with van der Waals surface area (Å²) in [6.45, 7) is 6.54. The normalized spacial score (nSPS) is 28.7. The van der Waals surface area contributed by atoms with Crippen molar-refractivity contribution in [2.45, 2.75) is 38.8 Å². The maximum Gasteiger partial charge on any atom is 0.204 e. The van der Waals surface area contributed by atoms with Crippen molar-refractivity contribution < 1.29 is 4.57 Å². The molecule has 0 N–H and O–H groups in total. The molecular formula is C23H26NOP. The van der Waals surface area contributed by atoms with E-state index in [0.717, 1.165) is 17.0 Å². The molecule has 26 heavy (non-hydrogen) atoms. The van der Waals surface area contributed by atoms with E-state index in [0.29, 0.717) is 0 Å². The molecule has 2 aromatic rings. The van der Waals surface area contributed by atoms with Gasteiger partial charge in [-0.2, -0.15) is 0 Å². The fourth-order valence-corrected chi connectivity index (χ4v) is 8.26. The third-order valence-electron chi connectivity index (χ3n) is 5.34. The summed E-state index contributed by atoms with van der Waals surface area (Å²) in [7, 11) is -2.86. The van der Waals surface area contributed by atoms with Gasteiger partial charge in [-0.3, -0.25) is 4.57 Å². The van der Waals surface area contributed by atoms with E-state index in [9.17, 15) is 4.57 Å². The van der Waals surface area contributed by atoms with Gasteiger partial charge in [0.2, 0.25) is 7.29 Å². The second kappa shape index (κ2) is 6.37. The number of allylic oxidation sites excluding steroid dienone is 2. The fraction of sp³-hybridized carbons (Fsp3) is 0.304. The van der Waals surface area contributed by atoms with Gasteiger partial charge >= 0.3 is 0 Å². The molecule has 1 heterocycles. The van der Waals surface area contributed by atoms with Crippen LogP contribution in [0.25, 0.3) is 0 Å². The van der Waals surface area contributed by atoms with E-state index in [1.54, 1.807) is 0 Å². The zero-order valence-electron chi connectivity index (χ0n) is 15.7. The van der Waals surface area contributed by atoms with Crippen molar-refractivity contribution in [2.75, 3.05) is 0 Å². The number of fused-ring (bicyclic) bond motifs is 1. The molecule has 134 valence electrons. The van der Waals surface area contributed by atoms with Crippen molar-refractivity contribution in [3.63, 3.8) is 0 Å². The number of hydrogen-bond acceptors (Lipinski definition) is 1. The molecule has 2 aromatic carbocycles. The van der Waals surface area contributed by atoms with E-state index >= 15 is 0 Å². The van der Waals surface area contributed by atoms with Crippen molar-refractivity contribution in [3.05, 3.63) is 89.8 Å². The predicted octanol–water partition coefficient (Wildman–Crippen LogP) is 5.91. The lowest BCUT2D eigenvalue weighted by molar-refractivity contribution is 0.189. The summed E-state index contributed by atoms with van der Waals surface area (Å²) < 4.78 is 17.1. The Morgan fingerprint density at radius 3 is 2.19 bits per heavy atom. The van der Waals surface area contributed by atoms with Crippen LogP contribution in [0, 0.1) is 5.92 Å². The van der Waals surface area contributed by atoms with E-state index in [4.69, 9.17) is 0 Å². The molecule has 1 fully saturated rings. The number of nitrogens with zero attached hydrogens (tertiary/aromatic N) is 1. The fourth-order valence-electron chi connectivity index (χ4n) is 4.44. The Hall–Kier alpha value is -1.89. The molecule has 1 aliphatic heterocycles. The highest BCUT2D eigenvalue weighted by atomic mass is 31.2. The molecular weight excluding hydrogens is 337 g/mol. The van der Waals surface area contributed by atoms with Crippen LogP contribution in [-0.4, -0.2) is 10.2 Å². The van der Waals surface area contributed by atoms with Gasteiger partial charge in [0.15, 0.2) is 0 Å². The molecule has 2 nitrogen and oxygen atoms in total. The summed E-state index contributed by atoms with van der Waals surface area (Å²) >= 11 is 0. The lowest BCUT2D eigenvalue weighted by Crippen LogP contribution is -2.41. The van der Waals surface area contributed by atoms with Crippen molar-refractivity contribution in [1.82, 2.24) is 4.67 Å². The monoisotopic (exact) mass is 363 g/mol. The Labute approximate surface area is 156 Å². The van der Waals surface area contributed by atoms with Crippen molar-refractivity contribution in [1.29, 1.82) is 0 Å². The van der Waals surface area contributed by atoms with Gasteiger partial charge in [0, 0.05) is 22.1 Å². The van der Waals surface area contributed by atoms with Gasteiger partial charge in [0.05, 0.1) is 6.04 Å². The molecule has 0 aromatic heterocycles. The standard InChI is InChI=1S/C23H26NOP/c1-23(2,3)24-22(18-12-6-4-7-13-18)20-16-10-11-17-21(20)26(24,25)19-14-8-5-9-15-19/h4-10,12-17,20,22H,11H2,1-3H3/t20-,22-,26+/m0/s1. The quantitative estimate of drug-likeness (QED) is 0.489. The molecule has 0 saturated carbocycles. The molecule has 0 bridgehead atoms. The molecule has 0 unspecified atom stereocenters. The number of hydrogen-bond donors (Lipinski definition) is 0. The van der Waals surface area contributed by atoms with Crippen LogP contribution in [0.5, 0.6) is 0 Å². The van der Waals surface area contributed by atoms with Gasteiger partial charge in [-0.15, -0.1) is 0 Å². The van der Waals surface area contributed by atoms with E-state index < -0.39 is 7.29 Å². The van der Waals surface area contributed by atoms with Crippen LogP contribution in [0.3, 0.4) is 0 Å². The Balaban J connectivity index is 1.99. The van der Waals surface area contributed by atoms with E-state index in [-0.39, 0.29) is 17.5 Å². The van der Waals surface area contributed by atoms with Crippen molar-refractivity contribution in [3.8, 4) is 0 Å². The summed E-state index contributed by atoms with van der Waals surface area (Å²) in [5, 5.41) is 2.05. The van der Waals surface area contributed by atoms with Crippen LogP contribution in [0.15, 0.2) is 84.2 Å². The van der Waals surface area contributed by atoms with Gasteiger partial charge in [-0.25, -0.2) is 4.67 Å². The average Bonchev–Trinajstić information content (AvgIpc) is 2.94. The predicted molar refractivity (Wildman–Crippen MR) is 110 cm³/mol. The Morgan fingerprint density at radius 2 is 1.58 bits per heavy atom. The number of rotatable bonds is 2. The van der Waals surface area contributed by atoms with Crippen LogP contribution >= 0.6 is 7.29 Å². The zero-order chi connectivity index (χ0) is 18.4. The van der Waals surface area contributed by atoms with Gasteiger partial charge in [-0.1, -0.05) is 66.8 Å². The first-order chi connectivity index (χ1) is 12.4. The van der Waals surface area contributed by atoms with Crippen molar-refractivity contribution >= 4 is 12.6 Å². The van der Waals surface area contributed by atoms with E-state index in [1.807, 2.05) is 36.4 Å². The molecule has 2 aliphatic rings. The highest BCUT2D eigenvalue weighted by molar-refractivity contribution is 7.73. The summed E-state index contributed by atoms with van der Waals surface area (Å²) in [6, 6.07) is 20.7.